The van der Waals surface area contributed by atoms with E-state index in [9.17, 15) is 9.18 Å². The molecule has 1 unspecified atom stereocenters. The monoisotopic (exact) mass is 257 g/mol. The van der Waals surface area contributed by atoms with E-state index in [-0.39, 0.29) is 23.8 Å². The Morgan fingerprint density at radius 1 is 1.67 bits per heavy atom. The highest BCUT2D eigenvalue weighted by Gasteiger charge is 2.11. The number of nitrogens with one attached hydrogen (secondary N) is 1. The zero-order valence-electron chi connectivity index (χ0n) is 9.34. The Balaban J connectivity index is 2.27. The second-order valence-corrected chi connectivity index (χ2v) is 3.59. The molecule has 0 fully saturated rings. The standard InChI is InChI=1S/C9H12FN5O3/c10-1-5(2-16)18-4-15-3-12-6-7(15)13-9(11)14-8(6)17/h3,5,16H,1-2,4H2,(H3,11,13,14,17)/i10+0. The van der Waals surface area contributed by atoms with Gasteiger partial charge in [0, 0.05) is 0 Å². The minimum atomic E-state index is -0.915. The Kier molecular flexibility index (Phi) is 3.53. The quantitative estimate of drug-likeness (QED) is 0.632. The summed E-state index contributed by atoms with van der Waals surface area (Å²) in [5.74, 6) is -0.0431. The topological polar surface area (TPSA) is 119 Å². The maximum absolute atomic E-state index is 12.3. The van der Waals surface area contributed by atoms with Crippen molar-refractivity contribution in [3.63, 3.8) is 0 Å². The first kappa shape index (κ1) is 12.5. The minimum Gasteiger partial charge on any atom is -0.394 e. The highest BCUT2D eigenvalue weighted by molar-refractivity contribution is 5.70. The van der Waals surface area contributed by atoms with Crippen LogP contribution in [0.5, 0.6) is 0 Å². The van der Waals surface area contributed by atoms with Crippen LogP contribution in [-0.4, -0.2) is 44.0 Å². The molecular weight excluding hydrogens is 245 g/mol. The van der Waals surface area contributed by atoms with Gasteiger partial charge >= 0.3 is 0 Å². The van der Waals surface area contributed by atoms with E-state index in [0.717, 1.165) is 0 Å². The number of hydrogen-bond donors (Lipinski definition) is 3. The number of aromatic amines is 1. The van der Waals surface area contributed by atoms with Crippen LogP contribution in [0.25, 0.3) is 11.2 Å². The number of nitrogens with zero attached hydrogens (tertiary/aromatic N) is 3. The van der Waals surface area contributed by atoms with Crippen LogP contribution in [0.3, 0.4) is 0 Å². The smallest absolute Gasteiger partial charge is 0.280 e. The van der Waals surface area contributed by atoms with Crippen LogP contribution in [0.15, 0.2) is 11.1 Å². The number of nitrogen functional groups attached to an aromatic ring is 1. The summed E-state index contributed by atoms with van der Waals surface area (Å²) in [5, 5.41) is 8.78. The van der Waals surface area contributed by atoms with E-state index >= 15 is 0 Å². The van der Waals surface area contributed by atoms with E-state index in [4.69, 9.17) is 15.6 Å². The normalized spacial score (nSPS) is 13.0. The second-order valence-electron chi connectivity index (χ2n) is 3.59. The summed E-state index contributed by atoms with van der Waals surface area (Å²) in [6.07, 6.45) is 0.417. The first-order valence-electron chi connectivity index (χ1n) is 5.14. The number of fused-ring (bicyclic) bond motifs is 1. The Bertz CT molecular complexity index is 591. The molecule has 1 atom stereocenters. The van der Waals surface area contributed by atoms with Crippen molar-refractivity contribution >= 4 is 17.1 Å². The number of nitrogens with two attached hydrogens (primary N) is 1. The zero-order valence-corrected chi connectivity index (χ0v) is 9.34. The molecule has 0 saturated heterocycles. The molecule has 0 saturated carbocycles. The number of halogens is 1. The van der Waals surface area contributed by atoms with Gasteiger partial charge in [-0.3, -0.25) is 14.3 Å². The van der Waals surface area contributed by atoms with Gasteiger partial charge in [-0.15, -0.1) is 0 Å². The van der Waals surface area contributed by atoms with Gasteiger partial charge in [0.2, 0.25) is 5.95 Å². The molecule has 8 nitrogen and oxygen atoms in total. The van der Waals surface area contributed by atoms with Crippen molar-refractivity contribution in [1.29, 1.82) is 0 Å². The van der Waals surface area contributed by atoms with Crippen molar-refractivity contribution in [1.82, 2.24) is 19.5 Å². The van der Waals surface area contributed by atoms with Gasteiger partial charge in [-0.2, -0.15) is 4.98 Å². The molecule has 18 heavy (non-hydrogen) atoms. The number of aromatic nitrogens is 4. The Morgan fingerprint density at radius 3 is 3.11 bits per heavy atom. The lowest BCUT2D eigenvalue weighted by atomic mass is 10.4. The summed E-state index contributed by atoms with van der Waals surface area (Å²) < 4.78 is 18.8. The summed E-state index contributed by atoms with van der Waals surface area (Å²) in [6, 6.07) is 0. The molecule has 0 aliphatic heterocycles. The number of H-pyrrole nitrogens is 1. The SMILES string of the molecule is Nc1nc2c(ncn2COC(CO)C[19F])c(=O)[nH]1. The van der Waals surface area contributed by atoms with Crippen LogP contribution in [0.2, 0.25) is 0 Å². The third kappa shape index (κ3) is 2.31. The predicted molar refractivity (Wildman–Crippen MR) is 60.5 cm³/mol. The highest BCUT2D eigenvalue weighted by atomic mass is 19.1. The number of alkyl halides is 1. The molecule has 0 aliphatic carbocycles. The fourth-order valence-corrected chi connectivity index (χ4v) is 1.40. The first-order chi connectivity index (χ1) is 8.65. The maximum Gasteiger partial charge on any atom is 0.280 e. The predicted octanol–water partition coefficient (Wildman–Crippen LogP) is -0.994. The molecule has 2 heterocycles. The van der Waals surface area contributed by atoms with Crippen LogP contribution in [0.1, 0.15) is 0 Å². The maximum atomic E-state index is 12.3. The number of anilines is 1. The Hall–Kier alpha value is -2.00. The van der Waals surface area contributed by atoms with E-state index in [1.165, 1.54) is 10.9 Å². The van der Waals surface area contributed by atoms with E-state index in [0.29, 0.717) is 0 Å². The van der Waals surface area contributed by atoms with Crippen LogP contribution in [-0.2, 0) is 11.5 Å². The number of aliphatic hydroxyl groups excluding tert-OH is 1. The van der Waals surface area contributed by atoms with E-state index in [1.54, 1.807) is 0 Å². The van der Waals surface area contributed by atoms with E-state index in [2.05, 4.69) is 15.0 Å². The zero-order chi connectivity index (χ0) is 13.1. The van der Waals surface area contributed by atoms with Crippen molar-refractivity contribution < 1.29 is 14.2 Å². The lowest BCUT2D eigenvalue weighted by Crippen LogP contribution is -2.21. The van der Waals surface area contributed by atoms with Crippen LogP contribution in [0, 0.1) is 0 Å². The van der Waals surface area contributed by atoms with Crippen LogP contribution in [0.4, 0.5) is 10.3 Å². The summed E-state index contributed by atoms with van der Waals surface area (Å²) in [4.78, 5) is 21.5. The number of rotatable bonds is 5. The van der Waals surface area contributed by atoms with Crippen LogP contribution < -0.4 is 11.3 Å². The molecule has 0 amide bonds. The van der Waals surface area contributed by atoms with Crippen molar-refractivity contribution in [3.05, 3.63) is 16.7 Å². The number of hydrogen-bond acceptors (Lipinski definition) is 6. The van der Waals surface area contributed by atoms with Crippen molar-refractivity contribution in [2.24, 2.45) is 0 Å². The fraction of sp³-hybridized carbons (Fsp3) is 0.444. The molecule has 2 aromatic heterocycles. The Morgan fingerprint density at radius 2 is 2.44 bits per heavy atom. The second kappa shape index (κ2) is 5.10. The van der Waals surface area contributed by atoms with Crippen molar-refractivity contribution in [2.45, 2.75) is 12.8 Å². The molecule has 4 N–H and O–H groups in total. The third-order valence-electron chi connectivity index (χ3n) is 2.32. The molecule has 2 rings (SSSR count). The minimum absolute atomic E-state index is 0.0431. The van der Waals surface area contributed by atoms with Gasteiger partial charge in [0.25, 0.3) is 5.56 Å². The Labute approximate surface area is 100 Å². The lowest BCUT2D eigenvalue weighted by molar-refractivity contribution is -0.0336. The molecule has 0 bridgehead atoms. The van der Waals surface area contributed by atoms with Crippen molar-refractivity contribution in [2.75, 3.05) is 19.0 Å². The van der Waals surface area contributed by atoms with Gasteiger partial charge in [0.1, 0.15) is 19.5 Å². The number of imidazole rings is 1. The summed E-state index contributed by atoms with van der Waals surface area (Å²) in [5.41, 5.74) is 5.32. The summed E-state index contributed by atoms with van der Waals surface area (Å²) in [7, 11) is 0. The van der Waals surface area contributed by atoms with Gasteiger partial charge in [0.15, 0.2) is 11.2 Å². The van der Waals surface area contributed by atoms with Gasteiger partial charge in [0.05, 0.1) is 12.9 Å². The van der Waals surface area contributed by atoms with Gasteiger partial charge in [-0.05, 0) is 0 Å². The average Bonchev–Trinajstić information content (AvgIpc) is 2.74. The molecule has 0 aliphatic rings. The molecule has 2 aromatic rings. The number of aliphatic hydroxyl groups is 1. The van der Waals surface area contributed by atoms with E-state index in [1.807, 2.05) is 0 Å². The van der Waals surface area contributed by atoms with E-state index < -0.39 is 24.9 Å². The van der Waals surface area contributed by atoms with Gasteiger partial charge in [-0.1, -0.05) is 0 Å². The van der Waals surface area contributed by atoms with Crippen LogP contribution >= 0.6 is 0 Å². The highest BCUT2D eigenvalue weighted by Crippen LogP contribution is 2.07. The molecular formula is C9H12FN5O3. The summed E-state index contributed by atoms with van der Waals surface area (Å²) in [6.45, 7) is -1.32. The molecule has 0 aromatic carbocycles. The van der Waals surface area contributed by atoms with Gasteiger partial charge < -0.3 is 15.6 Å². The number of ether oxygens (including phenoxy) is 1. The molecule has 0 spiro atoms. The van der Waals surface area contributed by atoms with Crippen molar-refractivity contribution in [3.8, 4) is 0 Å². The molecule has 9 heteroatoms. The molecule has 98 valence electrons. The summed E-state index contributed by atoms with van der Waals surface area (Å²) >= 11 is 0. The average molecular weight is 257 g/mol. The van der Waals surface area contributed by atoms with Gasteiger partial charge in [-0.25, -0.2) is 9.37 Å². The first-order valence-corrected chi connectivity index (χ1v) is 5.14. The lowest BCUT2D eigenvalue weighted by Gasteiger charge is -2.11. The third-order valence-corrected chi connectivity index (χ3v) is 2.32. The molecule has 0 radical (unpaired) electrons. The largest absolute Gasteiger partial charge is 0.394 e. The fourth-order valence-electron chi connectivity index (χ4n) is 1.40.